The van der Waals surface area contributed by atoms with Gasteiger partial charge in [-0.1, -0.05) is 11.2 Å². The number of nitrogens with zero attached hydrogens (tertiary/aromatic N) is 3. The first-order valence-corrected chi connectivity index (χ1v) is 3.28. The number of rotatable bonds is 3. The van der Waals surface area contributed by atoms with E-state index < -0.39 is 6.52 Å². The number of hydrogen-bond acceptors (Lipinski definition) is 2. The third kappa shape index (κ3) is 2.78. The largest absolute Gasteiger partial charge is 0.494 e. The van der Waals surface area contributed by atoms with Crippen molar-refractivity contribution in [2.75, 3.05) is 6.52 Å². The molecule has 0 aliphatic carbocycles. The maximum atomic E-state index is 8.03. The van der Waals surface area contributed by atoms with E-state index in [0.29, 0.717) is 6.42 Å². The summed E-state index contributed by atoms with van der Waals surface area (Å²) in [5.41, 5.74) is 8.03. The van der Waals surface area contributed by atoms with Crippen LogP contribution in [0, 0.1) is 0 Å². The van der Waals surface area contributed by atoms with Crippen molar-refractivity contribution >= 4 is 0 Å². The Labute approximate surface area is 66.2 Å². The van der Waals surface area contributed by atoms with Gasteiger partial charge in [-0.05, 0) is 24.1 Å². The van der Waals surface area contributed by atoms with E-state index >= 15 is 0 Å². The highest BCUT2D eigenvalue weighted by atomic mass is 16.5. The monoisotopic (exact) mass is 152 g/mol. The molecule has 1 aliphatic heterocycles. The summed E-state index contributed by atoms with van der Waals surface area (Å²) >= 11 is 0. The molecule has 0 aromatic carbocycles. The van der Waals surface area contributed by atoms with E-state index in [0.717, 1.165) is 0 Å². The first kappa shape index (κ1) is 6.31. The molecule has 0 aromatic heterocycles. The van der Waals surface area contributed by atoms with Gasteiger partial charge in [-0.3, -0.25) is 0 Å². The van der Waals surface area contributed by atoms with E-state index in [2.05, 4.69) is 10.0 Å². The maximum absolute atomic E-state index is 8.03. The minimum atomic E-state index is -0.767. The molecule has 2 unspecified atom stereocenters. The third-order valence-electron chi connectivity index (χ3n) is 1.24. The molecule has 1 heterocycles. The molecule has 4 heteroatoms. The molecular weight excluding hydrogens is 142 g/mol. The summed E-state index contributed by atoms with van der Waals surface area (Å²) in [6.07, 6.45) is 7.26. The van der Waals surface area contributed by atoms with Gasteiger partial charge in [0, 0.05) is 12.8 Å². The van der Waals surface area contributed by atoms with Crippen LogP contribution in [-0.4, -0.2) is 12.6 Å². The molecule has 11 heavy (non-hydrogen) atoms. The molecule has 2 atom stereocenters. The fraction of sp³-hybridized carbons (Fsp3) is 0.429. The van der Waals surface area contributed by atoms with Crippen LogP contribution in [0.5, 0.6) is 0 Å². The van der Waals surface area contributed by atoms with E-state index in [1.807, 2.05) is 12.2 Å². The Balaban J connectivity index is 2.36. The molecule has 0 N–H and O–H groups in total. The number of ether oxygens (including phenoxy) is 1. The minimum absolute atomic E-state index is 0.136. The van der Waals surface area contributed by atoms with Gasteiger partial charge in [-0.15, -0.1) is 0 Å². The van der Waals surface area contributed by atoms with Gasteiger partial charge in [0.2, 0.25) is 0 Å². The van der Waals surface area contributed by atoms with Crippen LogP contribution >= 0.6 is 0 Å². The molecule has 0 amide bonds. The molecule has 0 spiro atoms. The standard InChI is InChI=1S/C7H9N3O/c8-10-9-5-4-7-3-1-2-6-11-7/h1-3,6-7H,4-5H2/i5D. The second-order valence-electron chi connectivity index (χ2n) is 2.01. The Morgan fingerprint density at radius 2 is 2.64 bits per heavy atom. The number of hydrogen-bond donors (Lipinski definition) is 0. The minimum Gasteiger partial charge on any atom is -0.494 e. The molecule has 0 bridgehead atoms. The van der Waals surface area contributed by atoms with Gasteiger partial charge < -0.3 is 4.74 Å². The Hall–Kier alpha value is -1.41. The van der Waals surface area contributed by atoms with Gasteiger partial charge in [0.05, 0.1) is 6.26 Å². The number of allylic oxidation sites excluding steroid dienone is 2. The van der Waals surface area contributed by atoms with Gasteiger partial charge in [-0.25, -0.2) is 0 Å². The summed E-state index contributed by atoms with van der Waals surface area (Å²) in [6.45, 7) is -0.767. The van der Waals surface area contributed by atoms with E-state index in [9.17, 15) is 0 Å². The van der Waals surface area contributed by atoms with E-state index in [1.54, 1.807) is 12.3 Å². The normalized spacial score (nSPS) is 24.7. The highest BCUT2D eigenvalue weighted by Crippen LogP contribution is 2.06. The van der Waals surface area contributed by atoms with Crippen LogP contribution in [0.15, 0.2) is 29.6 Å². The van der Waals surface area contributed by atoms with Gasteiger partial charge in [0.1, 0.15) is 6.10 Å². The van der Waals surface area contributed by atoms with Gasteiger partial charge in [0.25, 0.3) is 0 Å². The lowest BCUT2D eigenvalue weighted by molar-refractivity contribution is 0.176. The van der Waals surface area contributed by atoms with E-state index in [-0.39, 0.29) is 6.10 Å². The van der Waals surface area contributed by atoms with E-state index in [4.69, 9.17) is 11.6 Å². The molecule has 0 aromatic rings. The second-order valence-corrected chi connectivity index (χ2v) is 2.01. The molecule has 0 fully saturated rings. The summed E-state index contributed by atoms with van der Waals surface area (Å²) in [4.78, 5) is 2.54. The Morgan fingerprint density at radius 3 is 3.27 bits per heavy atom. The fourth-order valence-corrected chi connectivity index (χ4v) is 0.747. The molecule has 0 saturated heterocycles. The predicted molar refractivity (Wildman–Crippen MR) is 41.8 cm³/mol. The van der Waals surface area contributed by atoms with Crippen LogP contribution in [0.4, 0.5) is 0 Å². The second kappa shape index (κ2) is 4.41. The number of azide groups is 1. The third-order valence-corrected chi connectivity index (χ3v) is 1.24. The SMILES string of the molecule is [2H]C(CC1C=CC=CO1)N=[N+]=[N-]. The smallest absolute Gasteiger partial charge is 0.116 e. The predicted octanol–water partition coefficient (Wildman–Crippen LogP) is 2.16. The highest BCUT2D eigenvalue weighted by Gasteiger charge is 2.03. The maximum Gasteiger partial charge on any atom is 0.116 e. The average molecular weight is 152 g/mol. The zero-order valence-corrected chi connectivity index (χ0v) is 5.92. The lowest BCUT2D eigenvalue weighted by Gasteiger charge is -2.12. The molecule has 1 aliphatic rings. The van der Waals surface area contributed by atoms with Crippen LogP contribution in [0.25, 0.3) is 10.4 Å². The van der Waals surface area contributed by atoms with Crippen molar-refractivity contribution in [2.24, 2.45) is 5.11 Å². The van der Waals surface area contributed by atoms with Crippen molar-refractivity contribution in [2.45, 2.75) is 12.5 Å². The first-order valence-electron chi connectivity index (χ1n) is 3.86. The summed E-state index contributed by atoms with van der Waals surface area (Å²) in [7, 11) is 0. The van der Waals surface area contributed by atoms with Crippen molar-refractivity contribution in [1.82, 2.24) is 0 Å². The van der Waals surface area contributed by atoms with Crippen LogP contribution in [-0.2, 0) is 4.74 Å². The first-order chi connectivity index (χ1) is 5.83. The summed E-state index contributed by atoms with van der Waals surface area (Å²) in [6, 6.07) is 0. The highest BCUT2D eigenvalue weighted by molar-refractivity contribution is 5.07. The van der Waals surface area contributed by atoms with Gasteiger partial charge >= 0.3 is 0 Å². The molecule has 1 rings (SSSR count). The van der Waals surface area contributed by atoms with Crippen LogP contribution in [0.3, 0.4) is 0 Å². The van der Waals surface area contributed by atoms with Gasteiger partial charge in [0.15, 0.2) is 0 Å². The molecule has 0 saturated carbocycles. The summed E-state index contributed by atoms with van der Waals surface area (Å²) in [5, 5.41) is 3.23. The Bertz CT molecular complexity index is 245. The zero-order chi connectivity index (χ0) is 8.81. The van der Waals surface area contributed by atoms with Crippen molar-refractivity contribution < 1.29 is 6.11 Å². The summed E-state index contributed by atoms with van der Waals surface area (Å²) in [5.74, 6) is 0. The summed E-state index contributed by atoms with van der Waals surface area (Å²) < 4.78 is 12.4. The molecule has 58 valence electrons. The average Bonchev–Trinajstić information content (AvgIpc) is 2.06. The van der Waals surface area contributed by atoms with E-state index in [1.165, 1.54) is 0 Å². The molecular formula is C7H9N3O. The van der Waals surface area contributed by atoms with Gasteiger partial charge in [-0.2, -0.15) is 0 Å². The topological polar surface area (TPSA) is 58.0 Å². The molecule has 4 nitrogen and oxygen atoms in total. The van der Waals surface area contributed by atoms with Crippen LogP contribution < -0.4 is 0 Å². The zero-order valence-electron chi connectivity index (χ0n) is 6.92. The van der Waals surface area contributed by atoms with Crippen LogP contribution in [0.2, 0.25) is 0 Å². The Kier molecular flexibility index (Phi) is 2.53. The fourth-order valence-electron chi connectivity index (χ4n) is 0.747. The lowest BCUT2D eigenvalue weighted by atomic mass is 10.2. The van der Waals surface area contributed by atoms with Crippen molar-refractivity contribution in [3.05, 3.63) is 34.9 Å². The van der Waals surface area contributed by atoms with Crippen molar-refractivity contribution in [1.29, 1.82) is 0 Å². The van der Waals surface area contributed by atoms with Crippen molar-refractivity contribution in [3.63, 3.8) is 0 Å². The Morgan fingerprint density at radius 1 is 1.73 bits per heavy atom. The molecule has 0 radical (unpaired) electrons. The lowest BCUT2D eigenvalue weighted by Crippen LogP contribution is -2.08. The van der Waals surface area contributed by atoms with Crippen LogP contribution in [0.1, 0.15) is 7.79 Å². The quantitative estimate of drug-likeness (QED) is 0.347. The van der Waals surface area contributed by atoms with Crippen molar-refractivity contribution in [3.8, 4) is 0 Å².